The van der Waals surface area contributed by atoms with E-state index in [1.165, 1.54) is 12.4 Å². The Morgan fingerprint density at radius 2 is 2.24 bits per heavy atom. The van der Waals surface area contributed by atoms with Gasteiger partial charge in [-0.1, -0.05) is 29.4 Å². The van der Waals surface area contributed by atoms with Gasteiger partial charge in [0.25, 0.3) is 0 Å². The van der Waals surface area contributed by atoms with E-state index in [4.69, 9.17) is 11.6 Å². The zero-order valence-electron chi connectivity index (χ0n) is 13.0. The highest BCUT2D eigenvalue weighted by molar-refractivity contribution is 8.00. The van der Waals surface area contributed by atoms with E-state index in [1.807, 2.05) is 0 Å². The van der Waals surface area contributed by atoms with E-state index in [0.717, 1.165) is 23.9 Å². The number of aromatic nitrogens is 3. The van der Waals surface area contributed by atoms with Crippen molar-refractivity contribution in [2.24, 2.45) is 0 Å². The third-order valence-corrected chi connectivity index (χ3v) is 4.43. The van der Waals surface area contributed by atoms with Gasteiger partial charge in [0, 0.05) is 11.6 Å². The summed E-state index contributed by atoms with van der Waals surface area (Å²) in [4.78, 5) is 12.3. The number of hydrogen-bond acceptors (Lipinski definition) is 4. The molecule has 5 nitrogen and oxygen atoms in total. The Hall–Kier alpha value is -2.00. The molecule has 0 aliphatic heterocycles. The Morgan fingerprint density at radius 3 is 2.88 bits per heavy atom. The summed E-state index contributed by atoms with van der Waals surface area (Å²) in [5, 5.41) is 9.63. The lowest BCUT2D eigenvalue weighted by atomic mass is 10.1. The van der Waals surface area contributed by atoms with Crippen LogP contribution < -0.4 is 5.32 Å². The zero-order chi connectivity index (χ0) is 18.6. The second kappa shape index (κ2) is 7.92. The molecule has 1 aromatic carbocycles. The zero-order valence-corrected chi connectivity index (χ0v) is 14.6. The first-order chi connectivity index (χ1) is 11.7. The molecule has 0 saturated heterocycles. The molecular weight excluding hydrogens is 377 g/mol. The van der Waals surface area contributed by atoms with Gasteiger partial charge in [-0.15, -0.1) is 16.8 Å². The van der Waals surface area contributed by atoms with Gasteiger partial charge in [0.2, 0.25) is 5.91 Å². The Morgan fingerprint density at radius 1 is 1.52 bits per heavy atom. The molecule has 0 saturated carbocycles. The van der Waals surface area contributed by atoms with Crippen LogP contribution in [0.3, 0.4) is 0 Å². The van der Waals surface area contributed by atoms with Crippen molar-refractivity contribution in [3.63, 3.8) is 0 Å². The molecule has 0 radical (unpaired) electrons. The number of carbonyl (C=O) groups excluding carboxylic acids is 1. The van der Waals surface area contributed by atoms with E-state index in [9.17, 15) is 18.0 Å². The maximum Gasteiger partial charge on any atom is 0.418 e. The van der Waals surface area contributed by atoms with E-state index in [0.29, 0.717) is 11.7 Å². The van der Waals surface area contributed by atoms with Crippen LogP contribution in [0.2, 0.25) is 5.02 Å². The summed E-state index contributed by atoms with van der Waals surface area (Å²) in [5.74, 6) is -0.592. The normalized spacial score (nSPS) is 12.7. The first-order valence-corrected chi connectivity index (χ1v) is 8.31. The number of halogens is 4. The lowest BCUT2D eigenvalue weighted by Crippen LogP contribution is -2.24. The second-order valence-electron chi connectivity index (χ2n) is 4.99. The van der Waals surface area contributed by atoms with Crippen molar-refractivity contribution >= 4 is 35.0 Å². The molecule has 1 aromatic heterocycles. The van der Waals surface area contributed by atoms with Crippen LogP contribution in [0.25, 0.3) is 0 Å². The monoisotopic (exact) mass is 390 g/mol. The van der Waals surface area contributed by atoms with E-state index >= 15 is 0 Å². The summed E-state index contributed by atoms with van der Waals surface area (Å²) in [5.41, 5.74) is -1.35. The van der Waals surface area contributed by atoms with Gasteiger partial charge in [-0.05, 0) is 25.1 Å². The molecule has 0 aliphatic carbocycles. The SMILES string of the molecule is C=CCn1cnnc1SC(C)C(=O)Nc1ccc(Cl)cc1C(F)(F)F. The predicted octanol–water partition coefficient (Wildman–Crippen LogP) is 4.26. The standard InChI is InChI=1S/C15H14ClF3N4OS/c1-3-6-23-8-20-22-14(23)25-9(2)13(24)21-12-5-4-10(16)7-11(12)15(17,18)19/h3-5,7-9H,1,6H2,2H3,(H,21,24). The van der Waals surface area contributed by atoms with Gasteiger partial charge in [0.05, 0.1) is 16.5 Å². The van der Waals surface area contributed by atoms with Crippen LogP contribution >= 0.6 is 23.4 Å². The number of nitrogens with one attached hydrogen (secondary N) is 1. The molecule has 0 aliphatic rings. The molecule has 2 aromatic rings. The molecule has 134 valence electrons. The number of anilines is 1. The van der Waals surface area contributed by atoms with Crippen LogP contribution in [0, 0.1) is 0 Å². The van der Waals surface area contributed by atoms with Gasteiger partial charge in [0.15, 0.2) is 5.16 Å². The third kappa shape index (κ3) is 4.99. The molecule has 1 N–H and O–H groups in total. The molecule has 1 atom stereocenters. The van der Waals surface area contributed by atoms with Gasteiger partial charge in [0.1, 0.15) is 6.33 Å². The molecular formula is C15H14ClF3N4OS. The minimum atomic E-state index is -4.63. The number of nitrogens with zero attached hydrogens (tertiary/aromatic N) is 3. The van der Waals surface area contributed by atoms with Crippen LogP contribution in [0.1, 0.15) is 12.5 Å². The molecule has 1 unspecified atom stereocenters. The van der Waals surface area contributed by atoms with E-state index < -0.39 is 22.9 Å². The molecule has 2 rings (SSSR count). The van der Waals surface area contributed by atoms with Crippen molar-refractivity contribution in [1.29, 1.82) is 0 Å². The van der Waals surface area contributed by atoms with Gasteiger partial charge in [-0.25, -0.2) is 0 Å². The van der Waals surface area contributed by atoms with Crippen LogP contribution in [0.5, 0.6) is 0 Å². The minimum absolute atomic E-state index is 0.0646. The summed E-state index contributed by atoms with van der Waals surface area (Å²) in [6.07, 6.45) is -1.51. The highest BCUT2D eigenvalue weighted by atomic mass is 35.5. The van der Waals surface area contributed by atoms with Crippen molar-refractivity contribution in [3.8, 4) is 0 Å². The third-order valence-electron chi connectivity index (χ3n) is 3.10. The molecule has 0 fully saturated rings. The maximum absolute atomic E-state index is 13.1. The number of amides is 1. The van der Waals surface area contributed by atoms with E-state index in [1.54, 1.807) is 17.6 Å². The molecule has 25 heavy (non-hydrogen) atoms. The molecule has 1 heterocycles. The Bertz CT molecular complexity index is 778. The molecule has 0 spiro atoms. The largest absolute Gasteiger partial charge is 0.418 e. The number of carbonyl (C=O) groups is 1. The van der Waals surface area contributed by atoms with Crippen LogP contribution in [-0.2, 0) is 17.5 Å². The van der Waals surface area contributed by atoms with Gasteiger partial charge in [-0.3, -0.25) is 4.79 Å². The highest BCUT2D eigenvalue weighted by Gasteiger charge is 2.34. The van der Waals surface area contributed by atoms with Gasteiger partial charge in [-0.2, -0.15) is 13.2 Å². The Kier molecular flexibility index (Phi) is 6.12. The topological polar surface area (TPSA) is 59.8 Å². The van der Waals surface area contributed by atoms with Crippen LogP contribution in [0.4, 0.5) is 18.9 Å². The molecule has 10 heteroatoms. The fourth-order valence-electron chi connectivity index (χ4n) is 1.91. The average molecular weight is 391 g/mol. The fraction of sp³-hybridized carbons (Fsp3) is 0.267. The number of benzene rings is 1. The summed E-state index contributed by atoms with van der Waals surface area (Å²) >= 11 is 6.70. The van der Waals surface area contributed by atoms with Crippen LogP contribution in [0.15, 0.2) is 42.3 Å². The Balaban J connectivity index is 2.14. The first-order valence-electron chi connectivity index (χ1n) is 7.05. The number of allylic oxidation sites excluding steroid dienone is 1. The summed E-state index contributed by atoms with van der Waals surface area (Å²) in [7, 11) is 0. The minimum Gasteiger partial charge on any atom is -0.325 e. The van der Waals surface area contributed by atoms with Crippen LogP contribution in [-0.4, -0.2) is 25.9 Å². The van der Waals surface area contributed by atoms with E-state index in [2.05, 4.69) is 22.1 Å². The maximum atomic E-state index is 13.1. The first kappa shape index (κ1) is 19.3. The van der Waals surface area contributed by atoms with Crippen molar-refractivity contribution in [2.45, 2.75) is 30.1 Å². The Labute approximate surface area is 151 Å². The molecule has 0 bridgehead atoms. The van der Waals surface area contributed by atoms with Gasteiger partial charge < -0.3 is 9.88 Å². The number of hydrogen-bond donors (Lipinski definition) is 1. The molecule has 1 amide bonds. The fourth-order valence-corrected chi connectivity index (χ4v) is 2.91. The van der Waals surface area contributed by atoms with Crippen molar-refractivity contribution in [3.05, 3.63) is 47.8 Å². The summed E-state index contributed by atoms with van der Waals surface area (Å²) in [6, 6.07) is 3.18. The number of alkyl halides is 3. The van der Waals surface area contributed by atoms with Crippen molar-refractivity contribution < 1.29 is 18.0 Å². The summed E-state index contributed by atoms with van der Waals surface area (Å²) < 4.78 is 40.9. The smallest absolute Gasteiger partial charge is 0.325 e. The average Bonchev–Trinajstić information content (AvgIpc) is 2.95. The highest BCUT2D eigenvalue weighted by Crippen LogP contribution is 2.36. The quantitative estimate of drug-likeness (QED) is 0.591. The predicted molar refractivity (Wildman–Crippen MR) is 90.6 cm³/mol. The lowest BCUT2D eigenvalue weighted by molar-refractivity contribution is -0.137. The number of rotatable bonds is 6. The number of thioether (sulfide) groups is 1. The second-order valence-corrected chi connectivity index (χ2v) is 6.74. The lowest BCUT2D eigenvalue weighted by Gasteiger charge is -2.16. The van der Waals surface area contributed by atoms with E-state index in [-0.39, 0.29) is 10.7 Å². The summed E-state index contributed by atoms with van der Waals surface area (Å²) in [6.45, 7) is 5.63. The van der Waals surface area contributed by atoms with Crippen molar-refractivity contribution in [1.82, 2.24) is 14.8 Å². The van der Waals surface area contributed by atoms with Crippen molar-refractivity contribution in [2.75, 3.05) is 5.32 Å². The van der Waals surface area contributed by atoms with Gasteiger partial charge >= 0.3 is 6.18 Å².